The molecule has 0 bridgehead atoms. The Morgan fingerprint density at radius 3 is 2.64 bits per heavy atom. The van der Waals surface area contributed by atoms with Gasteiger partial charge < -0.3 is 4.90 Å². The number of halogens is 3. The molecule has 2 aromatic rings. The fourth-order valence-electron chi connectivity index (χ4n) is 2.17. The highest BCUT2D eigenvalue weighted by molar-refractivity contribution is 9.10. The lowest BCUT2D eigenvalue weighted by atomic mass is 10.0. The molecule has 5 nitrogen and oxygen atoms in total. The molecule has 3 rings (SSSR count). The summed E-state index contributed by atoms with van der Waals surface area (Å²) in [4.78, 5) is 10.9. The molecule has 0 unspecified atom stereocenters. The number of aryl methyl sites for hydroxylation is 3. The molecule has 0 saturated heterocycles. The van der Waals surface area contributed by atoms with Gasteiger partial charge in [0, 0.05) is 20.5 Å². The summed E-state index contributed by atoms with van der Waals surface area (Å²) < 4.78 is 16.0. The number of carbonyl (C=O) groups is 1. The maximum atomic E-state index is 13.8. The van der Waals surface area contributed by atoms with E-state index in [0.29, 0.717) is 10.2 Å². The van der Waals surface area contributed by atoms with Gasteiger partial charge in [0.1, 0.15) is 16.7 Å². The van der Waals surface area contributed by atoms with Crippen LogP contribution in [0.2, 0.25) is 5.02 Å². The molecule has 0 fully saturated rings. The van der Waals surface area contributed by atoms with E-state index in [-0.39, 0.29) is 5.02 Å². The average Bonchev–Trinajstić information content (AvgIpc) is 2.87. The second-order valence-electron chi connectivity index (χ2n) is 5.06. The molecule has 0 aliphatic carbocycles. The van der Waals surface area contributed by atoms with Crippen molar-refractivity contribution in [2.24, 2.45) is 0 Å². The summed E-state index contributed by atoms with van der Waals surface area (Å²) in [7, 11) is 3.38. The molecule has 0 spiro atoms. The van der Waals surface area contributed by atoms with E-state index < -0.39 is 5.82 Å². The Labute approximate surface area is 141 Å². The second-order valence-corrected chi connectivity index (χ2v) is 6.29. The monoisotopic (exact) mass is 388 g/mol. The molecule has 22 heavy (non-hydrogen) atoms. The largest absolute Gasteiger partial charge is 0.351 e. The van der Waals surface area contributed by atoms with E-state index in [1.54, 1.807) is 20.2 Å². The number of hydrogen-bond donors (Lipinski definition) is 0. The van der Waals surface area contributed by atoms with Crippen LogP contribution in [0.1, 0.15) is 17.2 Å². The number of rotatable bonds is 1. The summed E-state index contributed by atoms with van der Waals surface area (Å²) in [6, 6.07) is 1.78. The summed E-state index contributed by atoms with van der Waals surface area (Å²) in [5, 5.41) is 8.20. The summed E-state index contributed by atoms with van der Waals surface area (Å²) >= 11 is 9.27. The molecular weight excluding hydrogens is 375 g/mol. The van der Waals surface area contributed by atoms with E-state index >= 15 is 0 Å². The molecule has 0 radical (unpaired) electrons. The number of carbonyl (C=O) groups excluding carboxylic acids is 1. The maximum Gasteiger partial charge on any atom is 0.209 e. The summed E-state index contributed by atoms with van der Waals surface area (Å²) in [5.74, 6) is 1.12. The molecule has 0 atom stereocenters. The Kier molecular flexibility index (Phi) is 5.18. The van der Waals surface area contributed by atoms with Crippen LogP contribution < -0.4 is 0 Å². The van der Waals surface area contributed by atoms with Gasteiger partial charge in [-0.25, -0.2) is 4.39 Å². The SMILES string of the molecule is CN(C)C=O.Cc1nnc2n1-c1c(cc(Br)c(F)c1Cl)CC2. The van der Waals surface area contributed by atoms with Gasteiger partial charge in [-0.3, -0.25) is 9.36 Å². The third-order valence-corrected chi connectivity index (χ3v) is 4.08. The van der Waals surface area contributed by atoms with Gasteiger partial charge in [0.15, 0.2) is 5.82 Å². The molecule has 8 heteroatoms. The standard InChI is InChI=1S/C11H8BrClFN3.C3H7NO/c1-5-15-16-8-3-2-6-4-7(12)10(14)9(13)11(6)17(5)8;1-4(2)3-5/h4H,2-3H2,1H3;3H,1-2H3. The third kappa shape index (κ3) is 3.15. The van der Waals surface area contributed by atoms with Crippen LogP contribution in [-0.4, -0.2) is 40.2 Å². The third-order valence-electron chi connectivity index (χ3n) is 3.16. The fraction of sp³-hybridized carbons (Fsp3) is 0.357. The van der Waals surface area contributed by atoms with E-state index in [9.17, 15) is 9.18 Å². The Bertz CT molecular complexity index is 717. The Balaban J connectivity index is 0.000000309. The zero-order chi connectivity index (χ0) is 16.4. The predicted octanol–water partition coefficient (Wildman–Crippen LogP) is 2.93. The Hall–Kier alpha value is -1.47. The van der Waals surface area contributed by atoms with Gasteiger partial charge in [0.25, 0.3) is 0 Å². The molecule has 1 aliphatic rings. The van der Waals surface area contributed by atoms with Gasteiger partial charge in [0.2, 0.25) is 6.41 Å². The van der Waals surface area contributed by atoms with Gasteiger partial charge in [-0.05, 0) is 40.9 Å². The zero-order valence-electron chi connectivity index (χ0n) is 12.4. The number of aromatic nitrogens is 3. The van der Waals surface area contributed by atoms with Crippen molar-refractivity contribution in [3.63, 3.8) is 0 Å². The van der Waals surface area contributed by atoms with E-state index in [1.807, 2.05) is 11.5 Å². The predicted molar refractivity (Wildman–Crippen MR) is 85.9 cm³/mol. The lowest BCUT2D eigenvalue weighted by Gasteiger charge is -2.20. The normalized spacial score (nSPS) is 11.9. The van der Waals surface area contributed by atoms with Crippen LogP contribution >= 0.6 is 27.5 Å². The minimum Gasteiger partial charge on any atom is -0.351 e. The van der Waals surface area contributed by atoms with E-state index in [2.05, 4.69) is 26.1 Å². The molecule has 1 aromatic carbocycles. The first-order valence-electron chi connectivity index (χ1n) is 6.56. The van der Waals surface area contributed by atoms with Crippen LogP contribution in [-0.2, 0) is 17.6 Å². The average molecular weight is 390 g/mol. The molecule has 0 saturated carbocycles. The Morgan fingerprint density at radius 2 is 2.05 bits per heavy atom. The first-order valence-corrected chi connectivity index (χ1v) is 7.73. The van der Waals surface area contributed by atoms with Crippen LogP contribution in [0.4, 0.5) is 4.39 Å². The van der Waals surface area contributed by atoms with Crippen molar-refractivity contribution in [1.82, 2.24) is 19.7 Å². The molecular formula is C14H15BrClFN4O. The maximum absolute atomic E-state index is 13.8. The van der Waals surface area contributed by atoms with E-state index in [4.69, 9.17) is 11.6 Å². The number of benzene rings is 1. The van der Waals surface area contributed by atoms with Crippen molar-refractivity contribution in [3.8, 4) is 5.69 Å². The second kappa shape index (κ2) is 6.75. The zero-order valence-corrected chi connectivity index (χ0v) is 14.7. The van der Waals surface area contributed by atoms with E-state index in [1.165, 1.54) is 4.90 Å². The lowest BCUT2D eigenvalue weighted by Crippen LogP contribution is -2.15. The van der Waals surface area contributed by atoms with Crippen molar-refractivity contribution in [2.45, 2.75) is 19.8 Å². The first kappa shape index (κ1) is 16.9. The molecule has 2 heterocycles. The van der Waals surface area contributed by atoms with E-state index in [0.717, 1.165) is 36.5 Å². The molecule has 1 aliphatic heterocycles. The number of nitrogens with zero attached hydrogens (tertiary/aromatic N) is 4. The fourth-order valence-corrected chi connectivity index (χ4v) is 3.07. The molecule has 118 valence electrons. The van der Waals surface area contributed by atoms with Gasteiger partial charge in [-0.1, -0.05) is 11.6 Å². The van der Waals surface area contributed by atoms with Gasteiger partial charge in [-0.2, -0.15) is 0 Å². The summed E-state index contributed by atoms with van der Waals surface area (Å²) in [5.41, 5.74) is 1.69. The van der Waals surface area contributed by atoms with Crippen LogP contribution in [0.15, 0.2) is 10.5 Å². The van der Waals surface area contributed by atoms with Crippen LogP contribution in [0, 0.1) is 12.7 Å². The van der Waals surface area contributed by atoms with Gasteiger partial charge in [0.05, 0.1) is 10.2 Å². The van der Waals surface area contributed by atoms with Crippen LogP contribution in [0.25, 0.3) is 5.69 Å². The van der Waals surface area contributed by atoms with Crippen molar-refractivity contribution < 1.29 is 9.18 Å². The highest BCUT2D eigenvalue weighted by Gasteiger charge is 2.25. The molecule has 1 aromatic heterocycles. The number of fused-ring (bicyclic) bond motifs is 3. The smallest absolute Gasteiger partial charge is 0.209 e. The summed E-state index contributed by atoms with van der Waals surface area (Å²) in [6.45, 7) is 1.84. The molecule has 1 amide bonds. The van der Waals surface area contributed by atoms with Crippen molar-refractivity contribution >= 4 is 33.9 Å². The topological polar surface area (TPSA) is 51.0 Å². The van der Waals surface area contributed by atoms with Crippen molar-refractivity contribution in [2.75, 3.05) is 14.1 Å². The molecule has 0 N–H and O–H groups in total. The van der Waals surface area contributed by atoms with Crippen molar-refractivity contribution in [3.05, 3.63) is 38.6 Å². The lowest BCUT2D eigenvalue weighted by molar-refractivity contribution is -0.115. The van der Waals surface area contributed by atoms with Crippen LogP contribution in [0.5, 0.6) is 0 Å². The highest BCUT2D eigenvalue weighted by Crippen LogP contribution is 2.36. The quantitative estimate of drug-likeness (QED) is 0.556. The van der Waals surface area contributed by atoms with Crippen molar-refractivity contribution in [1.29, 1.82) is 0 Å². The van der Waals surface area contributed by atoms with Crippen LogP contribution in [0.3, 0.4) is 0 Å². The summed E-state index contributed by atoms with van der Waals surface area (Å²) in [6.07, 6.45) is 2.34. The van der Waals surface area contributed by atoms with Gasteiger partial charge >= 0.3 is 0 Å². The van der Waals surface area contributed by atoms with Gasteiger partial charge in [-0.15, -0.1) is 10.2 Å². The first-order chi connectivity index (χ1) is 10.4. The number of amides is 1. The minimum atomic E-state index is -0.439. The highest BCUT2D eigenvalue weighted by atomic mass is 79.9. The Morgan fingerprint density at radius 1 is 1.41 bits per heavy atom. The number of hydrogen-bond acceptors (Lipinski definition) is 3. The minimum absolute atomic E-state index is 0.123.